The number of nitrogens with one attached hydrogen (secondary N) is 1. The fourth-order valence-corrected chi connectivity index (χ4v) is 5.41. The quantitative estimate of drug-likeness (QED) is 0.811. The van der Waals surface area contributed by atoms with Gasteiger partial charge < -0.3 is 4.98 Å². The molecule has 9 heteroatoms. The highest BCUT2D eigenvalue weighted by atomic mass is 32.2. The number of hydrogen-bond donors (Lipinski definition) is 1. The molecule has 1 aromatic heterocycles. The molecule has 1 aliphatic heterocycles. The third-order valence-corrected chi connectivity index (χ3v) is 7.92. The van der Waals surface area contributed by atoms with Crippen LogP contribution in [0.1, 0.15) is 36.1 Å². The zero-order chi connectivity index (χ0) is 21.1. The van der Waals surface area contributed by atoms with Crippen LogP contribution >= 0.6 is 0 Å². The van der Waals surface area contributed by atoms with Gasteiger partial charge in [0.1, 0.15) is 0 Å². The first kappa shape index (κ1) is 20.7. The average molecular weight is 430 g/mol. The number of aromatic nitrogens is 1. The van der Waals surface area contributed by atoms with Crippen LogP contribution in [0, 0.1) is 11.8 Å². The van der Waals surface area contributed by atoms with Crippen molar-refractivity contribution >= 4 is 20.9 Å². The standard InChI is InChI=1S/C20H26F3N3O2S/c1-12-16-10-26(11-25(2)29(3,27)28)7-6-13(16)8-18-19(12)15-9-14(20(21,22)23)4-5-17(15)24-18/h4-5,9,12-13,16,24H,6-8,10-11H2,1-3H3/t12-,13-,16-/m1/s1. The molecule has 5 nitrogen and oxygen atoms in total. The molecule has 1 N–H and O–H groups in total. The number of piperidine rings is 1. The van der Waals surface area contributed by atoms with E-state index in [4.69, 9.17) is 0 Å². The third kappa shape index (κ3) is 3.80. The van der Waals surface area contributed by atoms with E-state index in [9.17, 15) is 21.6 Å². The van der Waals surface area contributed by atoms with Crippen LogP contribution in [0.5, 0.6) is 0 Å². The van der Waals surface area contributed by atoms with Gasteiger partial charge in [-0.1, -0.05) is 6.92 Å². The van der Waals surface area contributed by atoms with E-state index >= 15 is 0 Å². The number of rotatable bonds is 3. The lowest BCUT2D eigenvalue weighted by molar-refractivity contribution is -0.137. The molecule has 0 amide bonds. The number of benzene rings is 1. The maximum Gasteiger partial charge on any atom is 0.416 e. The molecule has 1 aliphatic carbocycles. The second-order valence-corrected chi connectivity index (χ2v) is 10.6. The minimum absolute atomic E-state index is 0.104. The SMILES string of the molecule is C[C@H]1c2c([nH]c3ccc(C(F)(F)F)cc23)C[C@H]2CCN(CN(C)S(C)(=O)=O)C[C@@H]21. The average Bonchev–Trinajstić information content (AvgIpc) is 2.98. The van der Waals surface area contributed by atoms with Gasteiger partial charge in [-0.25, -0.2) is 8.42 Å². The van der Waals surface area contributed by atoms with Gasteiger partial charge >= 0.3 is 6.18 Å². The van der Waals surface area contributed by atoms with Gasteiger partial charge in [0.15, 0.2) is 0 Å². The Morgan fingerprint density at radius 3 is 2.69 bits per heavy atom. The molecule has 0 unspecified atom stereocenters. The third-order valence-electron chi connectivity index (χ3n) is 6.67. The van der Waals surface area contributed by atoms with Gasteiger partial charge in [-0.05, 0) is 60.9 Å². The summed E-state index contributed by atoms with van der Waals surface area (Å²) in [6.45, 7) is 4.00. The fourth-order valence-electron chi connectivity index (χ4n) is 5.04. The van der Waals surface area contributed by atoms with Gasteiger partial charge in [0.25, 0.3) is 0 Å². The van der Waals surface area contributed by atoms with Crippen LogP contribution in [-0.2, 0) is 22.6 Å². The maximum absolute atomic E-state index is 13.2. The van der Waals surface area contributed by atoms with Crippen molar-refractivity contribution in [1.82, 2.24) is 14.2 Å². The molecule has 2 aliphatic rings. The van der Waals surface area contributed by atoms with Crippen LogP contribution in [0.4, 0.5) is 13.2 Å². The molecule has 3 atom stereocenters. The summed E-state index contributed by atoms with van der Waals surface area (Å²) in [5, 5.41) is 0.658. The Labute approximate surface area is 168 Å². The number of hydrogen-bond acceptors (Lipinski definition) is 3. The molecule has 29 heavy (non-hydrogen) atoms. The van der Waals surface area contributed by atoms with Crippen LogP contribution in [0.15, 0.2) is 18.2 Å². The highest BCUT2D eigenvalue weighted by Crippen LogP contribution is 2.46. The van der Waals surface area contributed by atoms with Crippen molar-refractivity contribution in [2.75, 3.05) is 33.1 Å². The second-order valence-electron chi connectivity index (χ2n) is 8.56. The fraction of sp³-hybridized carbons (Fsp3) is 0.600. The number of fused-ring (bicyclic) bond motifs is 4. The lowest BCUT2D eigenvalue weighted by atomic mass is 9.68. The molecule has 0 radical (unpaired) electrons. The van der Waals surface area contributed by atoms with Crippen molar-refractivity contribution in [2.45, 2.75) is 31.9 Å². The molecular weight excluding hydrogens is 403 g/mol. The number of aromatic amines is 1. The van der Waals surface area contributed by atoms with Crippen LogP contribution in [0.25, 0.3) is 10.9 Å². The molecule has 0 bridgehead atoms. The highest BCUT2D eigenvalue weighted by molar-refractivity contribution is 7.88. The van der Waals surface area contributed by atoms with Crippen LogP contribution in [0.3, 0.4) is 0 Å². The van der Waals surface area contributed by atoms with Crippen molar-refractivity contribution in [3.8, 4) is 0 Å². The monoisotopic (exact) mass is 429 g/mol. The predicted octanol–water partition coefficient (Wildman–Crippen LogP) is 3.63. The highest BCUT2D eigenvalue weighted by Gasteiger charge is 2.40. The minimum Gasteiger partial charge on any atom is -0.358 e. The first-order chi connectivity index (χ1) is 13.4. The van der Waals surface area contributed by atoms with Crippen molar-refractivity contribution in [2.24, 2.45) is 11.8 Å². The van der Waals surface area contributed by atoms with Gasteiger partial charge in [-0.15, -0.1) is 0 Å². The summed E-state index contributed by atoms with van der Waals surface area (Å²) in [7, 11) is -1.68. The summed E-state index contributed by atoms with van der Waals surface area (Å²) >= 11 is 0. The van der Waals surface area contributed by atoms with Gasteiger partial charge in [0.05, 0.1) is 18.5 Å². The van der Waals surface area contributed by atoms with Crippen molar-refractivity contribution in [3.05, 3.63) is 35.0 Å². The van der Waals surface area contributed by atoms with Gasteiger partial charge in [-0.2, -0.15) is 17.5 Å². The predicted molar refractivity (Wildman–Crippen MR) is 106 cm³/mol. The van der Waals surface area contributed by atoms with Crippen molar-refractivity contribution < 1.29 is 21.6 Å². The molecule has 2 aromatic rings. The van der Waals surface area contributed by atoms with Crippen molar-refractivity contribution in [1.29, 1.82) is 0 Å². The molecular formula is C20H26F3N3O2S. The molecule has 0 saturated carbocycles. The normalized spacial score (nSPS) is 26.0. The largest absolute Gasteiger partial charge is 0.416 e. The van der Waals surface area contributed by atoms with E-state index in [1.807, 2.05) is 0 Å². The van der Waals surface area contributed by atoms with E-state index in [0.29, 0.717) is 18.0 Å². The number of alkyl halides is 3. The second kappa shape index (κ2) is 6.99. The molecule has 2 heterocycles. The molecule has 0 spiro atoms. The molecule has 1 saturated heterocycles. The van der Waals surface area contributed by atoms with E-state index in [1.165, 1.54) is 22.7 Å². The Hall–Kier alpha value is -1.58. The number of sulfonamides is 1. The smallest absolute Gasteiger partial charge is 0.358 e. The lowest BCUT2D eigenvalue weighted by Gasteiger charge is -2.45. The van der Waals surface area contributed by atoms with Crippen LogP contribution < -0.4 is 0 Å². The number of halogens is 3. The molecule has 1 aromatic carbocycles. The Bertz CT molecular complexity index is 1030. The topological polar surface area (TPSA) is 56.4 Å². The number of H-pyrrole nitrogens is 1. The summed E-state index contributed by atoms with van der Waals surface area (Å²) in [5.41, 5.74) is 2.17. The summed E-state index contributed by atoms with van der Waals surface area (Å²) in [6.07, 6.45) is -1.39. The first-order valence-electron chi connectivity index (χ1n) is 9.80. The summed E-state index contributed by atoms with van der Waals surface area (Å²) in [5.74, 6) is 0.845. The zero-order valence-electron chi connectivity index (χ0n) is 16.8. The lowest BCUT2D eigenvalue weighted by Crippen LogP contribution is -2.49. The first-order valence-corrected chi connectivity index (χ1v) is 11.7. The Morgan fingerprint density at radius 2 is 2.03 bits per heavy atom. The Morgan fingerprint density at radius 1 is 1.31 bits per heavy atom. The van der Waals surface area contributed by atoms with E-state index < -0.39 is 21.8 Å². The minimum atomic E-state index is -4.36. The van der Waals surface area contributed by atoms with Gasteiger partial charge in [-0.3, -0.25) is 4.90 Å². The molecule has 4 rings (SSSR count). The molecule has 160 valence electrons. The van der Waals surface area contributed by atoms with E-state index in [-0.39, 0.29) is 11.8 Å². The van der Waals surface area contributed by atoms with Gasteiger partial charge in [0.2, 0.25) is 10.0 Å². The zero-order valence-corrected chi connectivity index (χ0v) is 17.6. The summed E-state index contributed by atoms with van der Waals surface area (Å²) in [4.78, 5) is 5.49. The Balaban J connectivity index is 1.64. The number of nitrogens with zero attached hydrogens (tertiary/aromatic N) is 2. The van der Waals surface area contributed by atoms with Crippen LogP contribution in [0.2, 0.25) is 0 Å². The molecule has 1 fully saturated rings. The van der Waals surface area contributed by atoms with Crippen molar-refractivity contribution in [3.63, 3.8) is 0 Å². The van der Waals surface area contributed by atoms with E-state index in [1.54, 1.807) is 7.05 Å². The van der Waals surface area contributed by atoms with E-state index in [0.717, 1.165) is 48.8 Å². The summed E-state index contributed by atoms with van der Waals surface area (Å²) in [6, 6.07) is 3.92. The van der Waals surface area contributed by atoms with Crippen LogP contribution in [-0.4, -0.2) is 55.7 Å². The van der Waals surface area contributed by atoms with E-state index in [2.05, 4.69) is 16.8 Å². The van der Waals surface area contributed by atoms with Gasteiger partial charge in [0, 0.05) is 30.2 Å². The summed E-state index contributed by atoms with van der Waals surface area (Å²) < 4.78 is 64.5. The Kier molecular flexibility index (Phi) is 4.99. The maximum atomic E-state index is 13.2. The number of likely N-dealkylation sites (tertiary alicyclic amines) is 1.